The molecule has 7 nitrogen and oxygen atoms in total. The molecule has 0 aliphatic rings. The summed E-state index contributed by atoms with van der Waals surface area (Å²) in [5, 5.41) is 10.0. The number of hydrogen-bond acceptors (Lipinski definition) is 6. The van der Waals surface area contributed by atoms with E-state index in [2.05, 4.69) is 25.1 Å². The summed E-state index contributed by atoms with van der Waals surface area (Å²) in [7, 11) is 0. The first-order chi connectivity index (χ1) is 8.42. The third-order valence-electron chi connectivity index (χ3n) is 1.56. The van der Waals surface area contributed by atoms with Gasteiger partial charge in [-0.3, -0.25) is 0 Å². The molecule has 1 aromatic rings. The van der Waals surface area contributed by atoms with E-state index < -0.39 is 11.7 Å². The number of carbonyl (C=O) groups is 1. The molecule has 8 heteroatoms. The fourth-order valence-corrected chi connectivity index (χ4v) is 1.65. The molecule has 0 spiro atoms. The van der Waals surface area contributed by atoms with Crippen LogP contribution in [0.15, 0.2) is 9.65 Å². The van der Waals surface area contributed by atoms with Gasteiger partial charge < -0.3 is 14.9 Å². The van der Waals surface area contributed by atoms with Crippen LogP contribution in [0.3, 0.4) is 0 Å². The highest BCUT2D eigenvalue weighted by atomic mass is 32.2. The van der Waals surface area contributed by atoms with Gasteiger partial charge in [0.05, 0.1) is 0 Å². The lowest BCUT2D eigenvalue weighted by atomic mass is 10.2. The monoisotopic (exact) mass is 270 g/mol. The summed E-state index contributed by atoms with van der Waals surface area (Å²) in [5.41, 5.74) is -0.509. The van der Waals surface area contributed by atoms with Crippen molar-refractivity contribution < 1.29 is 14.2 Å². The lowest BCUT2D eigenvalue weighted by molar-refractivity contribution is 0.0531. The minimum atomic E-state index is -0.509. The van der Waals surface area contributed by atoms with Gasteiger partial charge in [0.2, 0.25) is 0 Å². The van der Waals surface area contributed by atoms with Gasteiger partial charge in [0.1, 0.15) is 10.8 Å². The fourth-order valence-electron chi connectivity index (χ4n) is 0.950. The van der Waals surface area contributed by atoms with Crippen LogP contribution in [-0.4, -0.2) is 34.3 Å². The molecule has 0 aromatic carbocycles. The lowest BCUT2D eigenvalue weighted by Gasteiger charge is -2.19. The summed E-state index contributed by atoms with van der Waals surface area (Å²) >= 11 is 1.29. The van der Waals surface area contributed by atoms with Gasteiger partial charge in [0.25, 0.3) is 0 Å². The summed E-state index contributed by atoms with van der Waals surface area (Å²) in [4.78, 5) is 14.4. The second kappa shape index (κ2) is 6.26. The molecule has 0 fully saturated rings. The minimum Gasteiger partial charge on any atom is -0.444 e. The molecule has 1 N–H and O–H groups in total. The van der Waals surface area contributed by atoms with Crippen molar-refractivity contribution in [2.75, 3.05) is 12.3 Å². The number of alkyl carbamates (subject to hydrolysis) is 1. The molecule has 98 valence electrons. The number of aromatic nitrogens is 2. The molecule has 0 radical (unpaired) electrons. The minimum absolute atomic E-state index is 0.136. The molecule has 1 aromatic heterocycles. The maximum Gasteiger partial charge on any atom is 0.407 e. The van der Waals surface area contributed by atoms with Crippen LogP contribution >= 0.6 is 11.8 Å². The average molecular weight is 270 g/mol. The summed E-state index contributed by atoms with van der Waals surface area (Å²) in [5.74, 6) is 0.688. The van der Waals surface area contributed by atoms with Gasteiger partial charge in [-0.2, -0.15) is 4.63 Å². The second-order valence-electron chi connectivity index (χ2n) is 4.28. The van der Waals surface area contributed by atoms with E-state index in [0.29, 0.717) is 17.3 Å². The number of hydrogen-bond donors (Lipinski definition) is 1. The fraction of sp³-hybridized carbons (Fsp3) is 0.600. The molecule has 0 saturated carbocycles. The molecule has 0 saturated heterocycles. The van der Waals surface area contributed by atoms with E-state index in [0.717, 1.165) is 0 Å². The van der Waals surface area contributed by atoms with Crippen LogP contribution in [0.5, 0.6) is 0 Å². The maximum absolute atomic E-state index is 11.3. The SMILES string of the molecule is [C-]#[N+]c1nonc1SCCNC(=O)OC(C)(C)C. The quantitative estimate of drug-likeness (QED) is 0.513. The van der Waals surface area contributed by atoms with Crippen molar-refractivity contribution >= 4 is 23.7 Å². The Balaban J connectivity index is 2.24. The van der Waals surface area contributed by atoms with Crippen molar-refractivity contribution in [3.05, 3.63) is 11.4 Å². The Labute approximate surface area is 109 Å². The molecule has 1 amide bonds. The number of rotatable bonds is 4. The molecular formula is C10H14N4O3S. The van der Waals surface area contributed by atoms with E-state index in [9.17, 15) is 4.79 Å². The largest absolute Gasteiger partial charge is 0.444 e. The zero-order valence-electron chi connectivity index (χ0n) is 10.4. The van der Waals surface area contributed by atoms with E-state index >= 15 is 0 Å². The number of carbonyl (C=O) groups excluding carboxylic acids is 1. The topological polar surface area (TPSA) is 81.6 Å². The first-order valence-corrected chi connectivity index (χ1v) is 6.20. The third-order valence-corrected chi connectivity index (χ3v) is 2.50. The summed E-state index contributed by atoms with van der Waals surface area (Å²) < 4.78 is 9.50. The van der Waals surface area contributed by atoms with Crippen LogP contribution in [-0.2, 0) is 4.74 Å². The van der Waals surface area contributed by atoms with Crippen molar-refractivity contribution in [1.82, 2.24) is 15.6 Å². The zero-order valence-corrected chi connectivity index (χ0v) is 11.2. The van der Waals surface area contributed by atoms with Crippen LogP contribution < -0.4 is 5.32 Å². The Hall–Kier alpha value is -1.75. The molecule has 0 aliphatic carbocycles. The van der Waals surface area contributed by atoms with Gasteiger partial charge in [0, 0.05) is 12.3 Å². The van der Waals surface area contributed by atoms with Crippen molar-refractivity contribution in [3.8, 4) is 0 Å². The van der Waals surface area contributed by atoms with Crippen molar-refractivity contribution in [1.29, 1.82) is 0 Å². The Morgan fingerprint density at radius 2 is 2.28 bits per heavy atom. The van der Waals surface area contributed by atoms with Gasteiger partial charge in [0.15, 0.2) is 5.03 Å². The van der Waals surface area contributed by atoms with E-state index in [4.69, 9.17) is 11.3 Å². The summed E-state index contributed by atoms with van der Waals surface area (Å²) in [6.07, 6.45) is -0.466. The van der Waals surface area contributed by atoms with E-state index in [1.165, 1.54) is 11.8 Å². The normalized spacial score (nSPS) is 10.8. The molecule has 0 atom stereocenters. The van der Waals surface area contributed by atoms with Crippen molar-refractivity contribution in [2.45, 2.75) is 31.4 Å². The average Bonchev–Trinajstić information content (AvgIpc) is 2.69. The van der Waals surface area contributed by atoms with Gasteiger partial charge >= 0.3 is 11.9 Å². The number of amides is 1. The number of nitrogens with zero attached hydrogens (tertiary/aromatic N) is 3. The van der Waals surface area contributed by atoms with Crippen molar-refractivity contribution in [3.63, 3.8) is 0 Å². The molecule has 18 heavy (non-hydrogen) atoms. The standard InChI is InChI=1S/C10H14N4O3S/c1-10(2,3)16-9(15)12-5-6-18-8-7(11-4)13-17-14-8/h5-6H2,1-3H3,(H,12,15). The molecule has 0 unspecified atom stereocenters. The number of ether oxygens (including phenoxy) is 1. The Kier molecular flexibility index (Phi) is 4.97. The highest BCUT2D eigenvalue weighted by Crippen LogP contribution is 2.24. The van der Waals surface area contributed by atoms with Gasteiger partial charge in [-0.25, -0.2) is 4.79 Å². The van der Waals surface area contributed by atoms with Crippen LogP contribution in [0.4, 0.5) is 10.6 Å². The second-order valence-corrected chi connectivity index (χ2v) is 5.37. The van der Waals surface area contributed by atoms with Crippen molar-refractivity contribution in [2.24, 2.45) is 0 Å². The van der Waals surface area contributed by atoms with E-state index in [1.54, 1.807) is 20.8 Å². The van der Waals surface area contributed by atoms with Gasteiger partial charge in [-0.15, -0.1) is 11.8 Å². The predicted molar refractivity (Wildman–Crippen MR) is 65.5 cm³/mol. The van der Waals surface area contributed by atoms with Crippen LogP contribution in [0.1, 0.15) is 20.8 Å². The Morgan fingerprint density at radius 1 is 1.56 bits per heavy atom. The van der Waals surface area contributed by atoms with Gasteiger partial charge in [-0.1, -0.05) is 6.57 Å². The molecule has 1 rings (SSSR count). The van der Waals surface area contributed by atoms with Gasteiger partial charge in [-0.05, 0) is 25.9 Å². The summed E-state index contributed by atoms with van der Waals surface area (Å²) in [6, 6.07) is 0. The summed E-state index contributed by atoms with van der Waals surface area (Å²) in [6.45, 7) is 12.6. The van der Waals surface area contributed by atoms with E-state index in [-0.39, 0.29) is 5.82 Å². The number of thioether (sulfide) groups is 1. The predicted octanol–water partition coefficient (Wildman–Crippen LogP) is 2.24. The van der Waals surface area contributed by atoms with Crippen LogP contribution in [0.25, 0.3) is 4.85 Å². The van der Waals surface area contributed by atoms with Crippen LogP contribution in [0.2, 0.25) is 0 Å². The number of nitrogens with one attached hydrogen (secondary N) is 1. The highest BCUT2D eigenvalue weighted by molar-refractivity contribution is 7.99. The molecular weight excluding hydrogens is 256 g/mol. The smallest absolute Gasteiger partial charge is 0.407 e. The lowest BCUT2D eigenvalue weighted by Crippen LogP contribution is -2.33. The Bertz CT molecular complexity index is 447. The van der Waals surface area contributed by atoms with Crippen LogP contribution in [0, 0.1) is 6.57 Å². The Morgan fingerprint density at radius 3 is 2.89 bits per heavy atom. The molecule has 0 aliphatic heterocycles. The zero-order chi connectivity index (χ0) is 13.6. The highest BCUT2D eigenvalue weighted by Gasteiger charge is 2.16. The first-order valence-electron chi connectivity index (χ1n) is 5.22. The third kappa shape index (κ3) is 5.05. The van der Waals surface area contributed by atoms with E-state index in [1.807, 2.05) is 0 Å². The first kappa shape index (κ1) is 14.3. The molecule has 1 heterocycles. The molecule has 0 bridgehead atoms. The maximum atomic E-state index is 11.3.